The average molecular weight is 352 g/mol. The largest absolute Gasteiger partial charge is 0.373 e. The summed E-state index contributed by atoms with van der Waals surface area (Å²) in [5.41, 5.74) is -0.237. The molecule has 2 rings (SSSR count). The number of benzene rings is 1. The van der Waals surface area contributed by atoms with E-state index in [-0.39, 0.29) is 21.1 Å². The molecule has 1 heterocycles. The Morgan fingerprint density at radius 2 is 2.14 bits per heavy atom. The Labute approximate surface area is 133 Å². The maximum absolute atomic E-state index is 12.1. The SMILES string of the molecule is CC1(CNC(=O)c2cc(Cl)cc(S(=O)(=O)Cl)c2)CCCO1. The molecule has 0 saturated carbocycles. The molecule has 1 aromatic carbocycles. The van der Waals surface area contributed by atoms with Crippen LogP contribution in [-0.4, -0.2) is 33.1 Å². The zero-order chi connectivity index (χ0) is 15.7. The molecule has 21 heavy (non-hydrogen) atoms. The van der Waals surface area contributed by atoms with Crippen LogP contribution in [0.2, 0.25) is 5.02 Å². The van der Waals surface area contributed by atoms with Gasteiger partial charge in [-0.15, -0.1) is 0 Å². The van der Waals surface area contributed by atoms with Gasteiger partial charge in [-0.25, -0.2) is 8.42 Å². The molecule has 1 saturated heterocycles. The van der Waals surface area contributed by atoms with Crippen molar-refractivity contribution in [2.24, 2.45) is 0 Å². The van der Waals surface area contributed by atoms with Gasteiger partial charge >= 0.3 is 0 Å². The number of hydrogen-bond donors (Lipinski definition) is 1. The summed E-state index contributed by atoms with van der Waals surface area (Å²) in [6.07, 6.45) is 1.82. The summed E-state index contributed by atoms with van der Waals surface area (Å²) in [7, 11) is 1.33. The lowest BCUT2D eigenvalue weighted by Gasteiger charge is -2.23. The third kappa shape index (κ3) is 4.32. The van der Waals surface area contributed by atoms with E-state index < -0.39 is 15.0 Å². The molecule has 0 aliphatic carbocycles. The highest BCUT2D eigenvalue weighted by Gasteiger charge is 2.30. The van der Waals surface area contributed by atoms with Gasteiger partial charge in [0.05, 0.1) is 10.5 Å². The number of ether oxygens (including phenoxy) is 1. The van der Waals surface area contributed by atoms with Crippen molar-refractivity contribution in [1.29, 1.82) is 0 Å². The first-order valence-electron chi connectivity index (χ1n) is 6.37. The van der Waals surface area contributed by atoms with Gasteiger partial charge in [-0.05, 0) is 38.0 Å². The first-order valence-corrected chi connectivity index (χ1v) is 9.06. The van der Waals surface area contributed by atoms with E-state index in [0.29, 0.717) is 13.2 Å². The van der Waals surface area contributed by atoms with Crippen LogP contribution in [0.3, 0.4) is 0 Å². The normalized spacial score (nSPS) is 22.2. The summed E-state index contributed by atoms with van der Waals surface area (Å²) in [4.78, 5) is 11.9. The molecule has 0 aromatic heterocycles. The lowest BCUT2D eigenvalue weighted by Crippen LogP contribution is -2.40. The predicted molar refractivity (Wildman–Crippen MR) is 80.4 cm³/mol. The molecule has 1 atom stereocenters. The fraction of sp³-hybridized carbons (Fsp3) is 0.462. The van der Waals surface area contributed by atoms with E-state index in [9.17, 15) is 13.2 Å². The van der Waals surface area contributed by atoms with Crippen LogP contribution < -0.4 is 5.32 Å². The Morgan fingerprint density at radius 1 is 1.43 bits per heavy atom. The van der Waals surface area contributed by atoms with Crippen molar-refractivity contribution in [2.75, 3.05) is 13.2 Å². The Morgan fingerprint density at radius 3 is 2.71 bits per heavy atom. The van der Waals surface area contributed by atoms with Gasteiger partial charge in [-0.1, -0.05) is 11.6 Å². The Bertz CT molecular complexity index is 654. The number of nitrogens with one attached hydrogen (secondary N) is 1. The van der Waals surface area contributed by atoms with Crippen LogP contribution in [0.15, 0.2) is 23.1 Å². The van der Waals surface area contributed by atoms with Gasteiger partial charge in [0, 0.05) is 34.4 Å². The number of amides is 1. The van der Waals surface area contributed by atoms with Crippen LogP contribution in [0.25, 0.3) is 0 Å². The first-order chi connectivity index (χ1) is 9.70. The molecule has 0 bridgehead atoms. The van der Waals surface area contributed by atoms with Gasteiger partial charge in [0.1, 0.15) is 0 Å². The van der Waals surface area contributed by atoms with Gasteiger partial charge < -0.3 is 10.1 Å². The van der Waals surface area contributed by atoms with E-state index in [0.717, 1.165) is 12.8 Å². The first kappa shape index (κ1) is 16.5. The van der Waals surface area contributed by atoms with E-state index in [2.05, 4.69) is 5.32 Å². The molecule has 1 N–H and O–H groups in total. The van der Waals surface area contributed by atoms with Crippen LogP contribution in [0.1, 0.15) is 30.1 Å². The monoisotopic (exact) mass is 351 g/mol. The third-order valence-corrected chi connectivity index (χ3v) is 4.89. The molecule has 8 heteroatoms. The second-order valence-corrected chi connectivity index (χ2v) is 8.20. The summed E-state index contributed by atoms with van der Waals surface area (Å²) in [6.45, 7) is 2.95. The van der Waals surface area contributed by atoms with Crippen molar-refractivity contribution >= 4 is 37.2 Å². The number of carbonyl (C=O) groups excluding carboxylic acids is 1. The molecule has 1 aliphatic rings. The molecule has 1 unspecified atom stereocenters. The maximum atomic E-state index is 12.1. The maximum Gasteiger partial charge on any atom is 0.261 e. The second kappa shape index (κ2) is 6.12. The lowest BCUT2D eigenvalue weighted by molar-refractivity contribution is 0.0206. The van der Waals surface area contributed by atoms with Gasteiger partial charge in [0.2, 0.25) is 0 Å². The molecule has 0 spiro atoms. The molecule has 0 radical (unpaired) electrons. The van der Waals surface area contributed by atoms with E-state index in [1.54, 1.807) is 0 Å². The number of rotatable bonds is 4. The van der Waals surface area contributed by atoms with E-state index in [1.165, 1.54) is 18.2 Å². The molecular weight excluding hydrogens is 337 g/mol. The molecule has 116 valence electrons. The van der Waals surface area contributed by atoms with Crippen LogP contribution in [0.5, 0.6) is 0 Å². The van der Waals surface area contributed by atoms with Crippen molar-refractivity contribution in [1.82, 2.24) is 5.32 Å². The Hall–Kier alpha value is -0.820. The van der Waals surface area contributed by atoms with E-state index >= 15 is 0 Å². The van der Waals surface area contributed by atoms with Crippen molar-refractivity contribution in [2.45, 2.75) is 30.3 Å². The van der Waals surface area contributed by atoms with Crippen molar-refractivity contribution in [3.8, 4) is 0 Å². The topological polar surface area (TPSA) is 72.5 Å². The molecule has 5 nitrogen and oxygen atoms in total. The quantitative estimate of drug-likeness (QED) is 0.846. The fourth-order valence-corrected chi connectivity index (χ4v) is 3.28. The number of hydrogen-bond acceptors (Lipinski definition) is 4. The molecule has 1 aliphatic heterocycles. The van der Waals surface area contributed by atoms with Gasteiger partial charge in [0.25, 0.3) is 15.0 Å². The van der Waals surface area contributed by atoms with E-state index in [1.807, 2.05) is 6.92 Å². The number of carbonyl (C=O) groups is 1. The van der Waals surface area contributed by atoms with Crippen LogP contribution in [0.4, 0.5) is 0 Å². The summed E-state index contributed by atoms with van der Waals surface area (Å²) >= 11 is 5.83. The summed E-state index contributed by atoms with van der Waals surface area (Å²) in [6, 6.07) is 3.78. The molecule has 1 aromatic rings. The predicted octanol–water partition coefficient (Wildman–Crippen LogP) is 2.57. The lowest BCUT2D eigenvalue weighted by atomic mass is 10.0. The minimum atomic E-state index is -3.94. The highest BCUT2D eigenvalue weighted by molar-refractivity contribution is 8.13. The van der Waals surface area contributed by atoms with Gasteiger partial charge in [-0.3, -0.25) is 4.79 Å². The summed E-state index contributed by atoms with van der Waals surface area (Å²) < 4.78 is 28.2. The van der Waals surface area contributed by atoms with Crippen LogP contribution in [-0.2, 0) is 13.8 Å². The third-order valence-electron chi connectivity index (χ3n) is 3.34. The minimum absolute atomic E-state index is 0.130. The van der Waals surface area contributed by atoms with Crippen molar-refractivity contribution in [3.63, 3.8) is 0 Å². The molecule has 1 fully saturated rings. The second-order valence-electron chi connectivity index (χ2n) is 5.20. The molecular formula is C13H15Cl2NO4S. The highest BCUT2D eigenvalue weighted by atomic mass is 35.7. The highest BCUT2D eigenvalue weighted by Crippen LogP contribution is 2.25. The minimum Gasteiger partial charge on any atom is -0.373 e. The molecule has 1 amide bonds. The fourth-order valence-electron chi connectivity index (χ4n) is 2.18. The summed E-state index contributed by atoms with van der Waals surface area (Å²) in [5, 5.41) is 2.86. The standard InChI is InChI=1S/C13H15Cl2NO4S/c1-13(3-2-4-20-13)8-16-12(17)9-5-10(14)7-11(6-9)21(15,18)19/h5-7H,2-4,8H2,1H3,(H,16,17). The van der Waals surface area contributed by atoms with Crippen molar-refractivity contribution < 1.29 is 17.9 Å². The Kier molecular flexibility index (Phi) is 4.82. The van der Waals surface area contributed by atoms with Crippen molar-refractivity contribution in [3.05, 3.63) is 28.8 Å². The average Bonchev–Trinajstić information content (AvgIpc) is 2.82. The van der Waals surface area contributed by atoms with Crippen LogP contribution in [0, 0.1) is 0 Å². The zero-order valence-corrected chi connectivity index (χ0v) is 13.7. The number of halogens is 2. The van der Waals surface area contributed by atoms with E-state index in [4.69, 9.17) is 27.0 Å². The zero-order valence-electron chi connectivity index (χ0n) is 11.4. The smallest absolute Gasteiger partial charge is 0.261 e. The Balaban J connectivity index is 2.14. The van der Waals surface area contributed by atoms with Gasteiger partial charge in [0.15, 0.2) is 0 Å². The van der Waals surface area contributed by atoms with Gasteiger partial charge in [-0.2, -0.15) is 0 Å². The van der Waals surface area contributed by atoms with Crippen LogP contribution >= 0.6 is 22.3 Å². The summed E-state index contributed by atoms with van der Waals surface area (Å²) in [5.74, 6) is -0.421.